The highest BCUT2D eigenvalue weighted by molar-refractivity contribution is 7.47. The first-order valence-electron chi connectivity index (χ1n) is 27.4. The van der Waals surface area contributed by atoms with Crippen LogP contribution in [0.4, 0.5) is 0 Å². The van der Waals surface area contributed by atoms with Crippen molar-refractivity contribution in [1.82, 2.24) is 0 Å². The summed E-state index contributed by atoms with van der Waals surface area (Å²) in [6, 6.07) is 0. The van der Waals surface area contributed by atoms with Crippen LogP contribution >= 0.6 is 7.82 Å². The SMILES string of the molecule is CCCCCC/C=C\CCCCCCCCCC(=O)OCC(COP(=O)(O)OC1C(O)C(O)C(O)C(O)C1OC1OC(CO)C(O)C(O)C1O)OC(=O)CCCCCCCCC(C)CCCCCCCC. The van der Waals surface area contributed by atoms with Crippen LogP contribution in [0.3, 0.4) is 0 Å². The van der Waals surface area contributed by atoms with Crippen LogP contribution in [0.25, 0.3) is 0 Å². The van der Waals surface area contributed by atoms with E-state index in [1.165, 1.54) is 83.5 Å². The summed E-state index contributed by atoms with van der Waals surface area (Å²) in [7, 11) is -5.38. The van der Waals surface area contributed by atoms with E-state index in [4.69, 9.17) is 28.0 Å². The molecule has 1 saturated heterocycles. The number of carbonyl (C=O) groups is 2. The number of carbonyl (C=O) groups excluding carboxylic acids is 2. The highest BCUT2D eigenvalue weighted by Gasteiger charge is 2.55. The molecule has 0 aromatic carbocycles. The van der Waals surface area contributed by atoms with E-state index in [0.29, 0.717) is 12.8 Å². The molecule has 14 atom stereocenters. The standard InChI is InChI=1S/C52H97O18P/c1-4-6-8-10-12-13-14-15-16-17-18-19-20-25-29-33-41(54)65-36-39(67-42(55)34-30-26-22-21-24-28-32-38(3)31-27-23-11-9-7-5-2)37-66-71(63,64)70-51-48(61)46(59)45(58)47(60)50(51)69-52-49(62)44(57)43(56)40(35-53)68-52/h13-14,38-40,43-53,56-62H,4-12,15-37H2,1-3H3,(H,63,64)/b14-13-. The second-order valence-electron chi connectivity index (χ2n) is 20.0. The van der Waals surface area contributed by atoms with E-state index in [-0.39, 0.29) is 12.8 Å². The van der Waals surface area contributed by atoms with Gasteiger partial charge in [0.1, 0.15) is 67.6 Å². The summed E-state index contributed by atoms with van der Waals surface area (Å²) in [4.78, 5) is 36.7. The van der Waals surface area contributed by atoms with Gasteiger partial charge in [-0.15, -0.1) is 0 Å². The van der Waals surface area contributed by atoms with Crippen LogP contribution in [0.1, 0.15) is 207 Å². The molecule has 71 heavy (non-hydrogen) atoms. The van der Waals surface area contributed by atoms with Gasteiger partial charge in [0.15, 0.2) is 12.4 Å². The minimum absolute atomic E-state index is 0.0339. The minimum Gasteiger partial charge on any atom is -0.462 e. The maximum atomic E-state index is 13.4. The molecule has 0 spiro atoms. The van der Waals surface area contributed by atoms with E-state index in [0.717, 1.165) is 83.0 Å². The second-order valence-corrected chi connectivity index (χ2v) is 21.5. The van der Waals surface area contributed by atoms with Crippen molar-refractivity contribution in [3.8, 4) is 0 Å². The Morgan fingerprint density at radius 3 is 1.55 bits per heavy atom. The van der Waals surface area contributed by atoms with Crippen LogP contribution < -0.4 is 0 Å². The Morgan fingerprint density at radius 2 is 1.01 bits per heavy atom. The average molecular weight is 1040 g/mol. The lowest BCUT2D eigenvalue weighted by Gasteiger charge is -2.47. The van der Waals surface area contributed by atoms with Gasteiger partial charge in [-0.1, -0.05) is 168 Å². The molecule has 0 aromatic heterocycles. The molecule has 2 aliphatic rings. The summed E-state index contributed by atoms with van der Waals surface area (Å²) in [5.41, 5.74) is 0. The van der Waals surface area contributed by atoms with Crippen LogP contribution in [0, 0.1) is 5.92 Å². The molecule has 1 aliphatic heterocycles. The minimum atomic E-state index is -5.38. The van der Waals surface area contributed by atoms with Crippen molar-refractivity contribution >= 4 is 19.8 Å². The fourth-order valence-electron chi connectivity index (χ4n) is 9.00. The Labute approximate surface area is 424 Å². The lowest BCUT2D eigenvalue weighted by molar-refractivity contribution is -0.338. The Morgan fingerprint density at radius 1 is 0.563 bits per heavy atom. The Balaban J connectivity index is 1.93. The monoisotopic (exact) mass is 1040 g/mol. The van der Waals surface area contributed by atoms with E-state index in [2.05, 4.69) is 32.9 Å². The van der Waals surface area contributed by atoms with Gasteiger partial charge in [-0.05, 0) is 44.4 Å². The Bertz CT molecular complexity index is 1440. The largest absolute Gasteiger partial charge is 0.472 e. The zero-order chi connectivity index (χ0) is 52.4. The number of aliphatic hydroxyl groups excluding tert-OH is 8. The summed E-state index contributed by atoms with van der Waals surface area (Å²) in [5.74, 6) is -0.496. The third kappa shape index (κ3) is 27.7. The number of phosphoric ester groups is 1. The number of allylic oxidation sites excluding steroid dienone is 2. The van der Waals surface area contributed by atoms with E-state index in [9.17, 15) is 59.9 Å². The van der Waals surface area contributed by atoms with Crippen LogP contribution in [0.2, 0.25) is 0 Å². The molecule has 1 saturated carbocycles. The first-order valence-corrected chi connectivity index (χ1v) is 28.9. The molecule has 418 valence electrons. The van der Waals surface area contributed by atoms with E-state index in [1.54, 1.807) is 0 Å². The number of phosphoric acid groups is 1. The first kappa shape index (κ1) is 65.5. The molecule has 2 fully saturated rings. The molecule has 2 rings (SSSR count). The predicted molar refractivity (Wildman–Crippen MR) is 268 cm³/mol. The number of aliphatic hydroxyl groups is 8. The molecule has 1 heterocycles. The zero-order valence-electron chi connectivity index (χ0n) is 43.4. The second kappa shape index (κ2) is 38.9. The van der Waals surface area contributed by atoms with Crippen molar-refractivity contribution < 1.29 is 87.9 Å². The van der Waals surface area contributed by atoms with Crippen LogP contribution in [0.15, 0.2) is 12.2 Å². The molecule has 0 aromatic rings. The average Bonchev–Trinajstić information content (AvgIpc) is 3.35. The molecule has 0 bridgehead atoms. The fraction of sp³-hybridized carbons (Fsp3) is 0.923. The zero-order valence-corrected chi connectivity index (χ0v) is 44.3. The normalized spacial score (nSPS) is 27.6. The quantitative estimate of drug-likeness (QED) is 0.0127. The molecule has 18 nitrogen and oxygen atoms in total. The Kier molecular flexibility index (Phi) is 35.9. The molecular weight excluding hydrogens is 944 g/mol. The summed E-state index contributed by atoms with van der Waals surface area (Å²) in [6.45, 7) is 4.56. The Hall–Kier alpha value is -1.61. The van der Waals surface area contributed by atoms with Crippen molar-refractivity contribution in [2.45, 2.75) is 280 Å². The van der Waals surface area contributed by atoms with Gasteiger partial charge in [0.25, 0.3) is 0 Å². The number of esters is 2. The number of unbranched alkanes of at least 4 members (excludes halogenated alkanes) is 21. The first-order chi connectivity index (χ1) is 34.1. The van der Waals surface area contributed by atoms with Crippen LogP contribution in [-0.2, 0) is 42.1 Å². The molecule has 0 amide bonds. The van der Waals surface area contributed by atoms with Gasteiger partial charge >= 0.3 is 19.8 Å². The van der Waals surface area contributed by atoms with Gasteiger partial charge in [0.05, 0.1) is 13.2 Å². The maximum absolute atomic E-state index is 13.4. The number of ether oxygens (including phenoxy) is 4. The maximum Gasteiger partial charge on any atom is 0.472 e. The number of rotatable bonds is 42. The van der Waals surface area contributed by atoms with Gasteiger partial charge < -0.3 is 64.7 Å². The molecule has 9 N–H and O–H groups in total. The highest BCUT2D eigenvalue weighted by Crippen LogP contribution is 2.48. The smallest absolute Gasteiger partial charge is 0.462 e. The van der Waals surface area contributed by atoms with Gasteiger partial charge in [-0.3, -0.25) is 18.6 Å². The van der Waals surface area contributed by atoms with Gasteiger partial charge in [-0.2, -0.15) is 0 Å². The van der Waals surface area contributed by atoms with Crippen LogP contribution in [-0.4, -0.2) is 151 Å². The lowest BCUT2D eigenvalue weighted by atomic mass is 9.84. The molecule has 0 radical (unpaired) electrons. The third-order valence-electron chi connectivity index (χ3n) is 13.6. The molecular formula is C52H97O18P. The van der Waals surface area contributed by atoms with Crippen LogP contribution in [0.5, 0.6) is 0 Å². The number of hydrogen-bond acceptors (Lipinski definition) is 17. The van der Waals surface area contributed by atoms with Crippen molar-refractivity contribution in [2.75, 3.05) is 19.8 Å². The third-order valence-corrected chi connectivity index (χ3v) is 14.6. The summed E-state index contributed by atoms with van der Waals surface area (Å²) < 4.78 is 45.6. The van der Waals surface area contributed by atoms with Gasteiger partial charge in [0.2, 0.25) is 0 Å². The van der Waals surface area contributed by atoms with Crippen molar-refractivity contribution in [3.05, 3.63) is 12.2 Å². The van der Waals surface area contributed by atoms with Crippen molar-refractivity contribution in [1.29, 1.82) is 0 Å². The predicted octanol–water partition coefficient (Wildman–Crippen LogP) is 7.13. The van der Waals surface area contributed by atoms with Crippen molar-refractivity contribution in [3.63, 3.8) is 0 Å². The van der Waals surface area contributed by atoms with E-state index in [1.807, 2.05) is 0 Å². The van der Waals surface area contributed by atoms with E-state index >= 15 is 0 Å². The fourth-order valence-corrected chi connectivity index (χ4v) is 9.97. The van der Waals surface area contributed by atoms with Gasteiger partial charge in [-0.25, -0.2) is 4.57 Å². The summed E-state index contributed by atoms with van der Waals surface area (Å²) >= 11 is 0. The molecule has 14 unspecified atom stereocenters. The summed E-state index contributed by atoms with van der Waals surface area (Å²) in [6.07, 6.45) is 11.4. The topological polar surface area (TPSA) is 289 Å². The van der Waals surface area contributed by atoms with E-state index < -0.39 is 113 Å². The summed E-state index contributed by atoms with van der Waals surface area (Å²) in [5, 5.41) is 83.1. The van der Waals surface area contributed by atoms with Crippen molar-refractivity contribution in [2.24, 2.45) is 5.92 Å². The lowest BCUT2D eigenvalue weighted by Crippen LogP contribution is -2.67. The molecule has 19 heteroatoms. The van der Waals surface area contributed by atoms with Gasteiger partial charge in [0, 0.05) is 12.8 Å². The highest BCUT2D eigenvalue weighted by atomic mass is 31.2. The molecule has 1 aliphatic carbocycles. The number of hydrogen-bond donors (Lipinski definition) is 9.